The Morgan fingerprint density at radius 2 is 1.76 bits per heavy atom. The summed E-state index contributed by atoms with van der Waals surface area (Å²) < 4.78 is 0. The van der Waals surface area contributed by atoms with Crippen molar-refractivity contribution in [1.29, 1.82) is 0 Å². The molecule has 4 heteroatoms. The molecule has 0 radical (unpaired) electrons. The van der Waals surface area contributed by atoms with Crippen LogP contribution >= 0.6 is 0 Å². The second kappa shape index (κ2) is 7.49. The van der Waals surface area contributed by atoms with Gasteiger partial charge in [0.15, 0.2) is 0 Å². The summed E-state index contributed by atoms with van der Waals surface area (Å²) in [4.78, 5) is 18.0. The first kappa shape index (κ1) is 18.7. The topological polar surface area (TPSA) is 43.8 Å². The predicted octanol–water partition coefficient (Wildman–Crippen LogP) is 4.15. The van der Waals surface area contributed by atoms with E-state index >= 15 is 0 Å². The molecule has 1 saturated carbocycles. The minimum Gasteiger partial charge on any atom is -0.508 e. The van der Waals surface area contributed by atoms with Gasteiger partial charge in [-0.1, -0.05) is 42.5 Å². The van der Waals surface area contributed by atoms with Crippen molar-refractivity contribution in [2.45, 2.75) is 50.6 Å². The Morgan fingerprint density at radius 3 is 2.45 bits per heavy atom. The van der Waals surface area contributed by atoms with E-state index in [2.05, 4.69) is 40.1 Å². The molecule has 5 rings (SSSR count). The fourth-order valence-electron chi connectivity index (χ4n) is 5.33. The van der Waals surface area contributed by atoms with Gasteiger partial charge in [-0.05, 0) is 73.9 Å². The highest BCUT2D eigenvalue weighted by Crippen LogP contribution is 2.48. The molecule has 152 valence electrons. The number of phenols is 1. The van der Waals surface area contributed by atoms with E-state index in [1.165, 1.54) is 24.0 Å². The van der Waals surface area contributed by atoms with Gasteiger partial charge in [-0.3, -0.25) is 9.69 Å². The van der Waals surface area contributed by atoms with Crippen molar-refractivity contribution in [2.75, 3.05) is 19.6 Å². The first-order valence-electron chi connectivity index (χ1n) is 11.0. The molecule has 3 aliphatic rings. The maximum Gasteiger partial charge on any atom is 0.230 e. The van der Waals surface area contributed by atoms with Crippen molar-refractivity contribution in [3.63, 3.8) is 0 Å². The van der Waals surface area contributed by atoms with Gasteiger partial charge in [0.25, 0.3) is 0 Å². The standard InChI is InChI=1S/C25H30N2O2/c28-22-8-4-5-19(15-22)17-26-13-11-25(12-14-26)16-23(20-6-2-1-3-7-20)24(29)27(18-25)21-9-10-21/h1-8,15,21,23,28H,9-14,16-18H2/t23-/m0/s1. The molecule has 2 saturated heterocycles. The maximum atomic E-state index is 13.3. The summed E-state index contributed by atoms with van der Waals surface area (Å²) in [6, 6.07) is 18.5. The van der Waals surface area contributed by atoms with Gasteiger partial charge >= 0.3 is 0 Å². The summed E-state index contributed by atoms with van der Waals surface area (Å²) in [6.07, 6.45) is 5.62. The van der Waals surface area contributed by atoms with Gasteiger partial charge in [0.1, 0.15) is 5.75 Å². The molecule has 2 aliphatic heterocycles. The number of aromatic hydroxyl groups is 1. The summed E-state index contributed by atoms with van der Waals surface area (Å²) >= 11 is 0. The quantitative estimate of drug-likeness (QED) is 0.853. The number of rotatable bonds is 4. The van der Waals surface area contributed by atoms with Crippen LogP contribution in [0.1, 0.15) is 49.1 Å². The van der Waals surface area contributed by atoms with Crippen molar-refractivity contribution < 1.29 is 9.90 Å². The SMILES string of the molecule is O=C1[C@H](c2ccccc2)CC2(CCN(Cc3cccc(O)c3)CC2)CN1C1CC1. The molecular formula is C25H30N2O2. The number of hydrogen-bond donors (Lipinski definition) is 1. The van der Waals surface area contributed by atoms with Gasteiger partial charge in [-0.15, -0.1) is 0 Å². The van der Waals surface area contributed by atoms with Gasteiger partial charge < -0.3 is 10.0 Å². The zero-order chi connectivity index (χ0) is 19.8. The van der Waals surface area contributed by atoms with Gasteiger partial charge in [-0.2, -0.15) is 0 Å². The number of carbonyl (C=O) groups is 1. The number of benzene rings is 2. The Labute approximate surface area is 173 Å². The van der Waals surface area contributed by atoms with Crippen LogP contribution in [0.3, 0.4) is 0 Å². The summed E-state index contributed by atoms with van der Waals surface area (Å²) in [5, 5.41) is 9.73. The van der Waals surface area contributed by atoms with E-state index in [1.54, 1.807) is 6.07 Å². The number of phenolic OH excluding ortho intramolecular Hbond substituents is 1. The van der Waals surface area contributed by atoms with E-state index in [-0.39, 0.29) is 11.3 Å². The third kappa shape index (κ3) is 3.91. The fourth-order valence-corrected chi connectivity index (χ4v) is 5.33. The first-order chi connectivity index (χ1) is 14.1. The van der Waals surface area contributed by atoms with E-state index in [1.807, 2.05) is 18.2 Å². The molecule has 2 aromatic rings. The van der Waals surface area contributed by atoms with Gasteiger partial charge in [-0.25, -0.2) is 0 Å². The van der Waals surface area contributed by atoms with E-state index in [0.717, 1.165) is 45.4 Å². The van der Waals surface area contributed by atoms with Crippen LogP contribution in [-0.4, -0.2) is 46.5 Å². The number of nitrogens with zero attached hydrogens (tertiary/aromatic N) is 2. The van der Waals surface area contributed by atoms with Gasteiger partial charge in [0, 0.05) is 19.1 Å². The summed E-state index contributed by atoms with van der Waals surface area (Å²) in [6.45, 7) is 3.95. The highest BCUT2D eigenvalue weighted by molar-refractivity contribution is 5.85. The van der Waals surface area contributed by atoms with Crippen molar-refractivity contribution in [1.82, 2.24) is 9.80 Å². The number of piperidine rings is 2. The summed E-state index contributed by atoms with van der Waals surface area (Å²) in [5.41, 5.74) is 2.60. The fraction of sp³-hybridized carbons (Fsp3) is 0.480. The molecule has 2 heterocycles. The van der Waals surface area contributed by atoms with E-state index < -0.39 is 0 Å². The minimum absolute atomic E-state index is 0.0168. The summed E-state index contributed by atoms with van der Waals surface area (Å²) in [7, 11) is 0. The smallest absolute Gasteiger partial charge is 0.230 e. The Morgan fingerprint density at radius 1 is 1.00 bits per heavy atom. The second-order valence-corrected chi connectivity index (χ2v) is 9.31. The molecule has 29 heavy (non-hydrogen) atoms. The second-order valence-electron chi connectivity index (χ2n) is 9.31. The van der Waals surface area contributed by atoms with Crippen LogP contribution in [0.2, 0.25) is 0 Å². The van der Waals surface area contributed by atoms with Crippen LogP contribution in [0.5, 0.6) is 5.75 Å². The van der Waals surface area contributed by atoms with Crippen LogP contribution < -0.4 is 0 Å². The zero-order valence-corrected chi connectivity index (χ0v) is 17.0. The Kier molecular flexibility index (Phi) is 4.83. The lowest BCUT2D eigenvalue weighted by molar-refractivity contribution is -0.142. The zero-order valence-electron chi connectivity index (χ0n) is 17.0. The average molecular weight is 391 g/mol. The largest absolute Gasteiger partial charge is 0.508 e. The summed E-state index contributed by atoms with van der Waals surface area (Å²) in [5.74, 6) is 0.710. The highest BCUT2D eigenvalue weighted by Gasteiger charge is 2.49. The Hall–Kier alpha value is -2.33. The molecular weight excluding hydrogens is 360 g/mol. The predicted molar refractivity (Wildman–Crippen MR) is 114 cm³/mol. The monoisotopic (exact) mass is 390 g/mol. The van der Waals surface area contributed by atoms with Crippen LogP contribution in [0.25, 0.3) is 0 Å². The molecule has 0 bridgehead atoms. The van der Waals surface area contributed by atoms with E-state index in [0.29, 0.717) is 17.7 Å². The van der Waals surface area contributed by atoms with Gasteiger partial charge in [0.05, 0.1) is 5.92 Å². The number of likely N-dealkylation sites (tertiary alicyclic amines) is 2. The maximum absolute atomic E-state index is 13.3. The molecule has 1 spiro atoms. The molecule has 0 aromatic heterocycles. The Balaban J connectivity index is 1.31. The van der Waals surface area contributed by atoms with Crippen LogP contribution in [0.15, 0.2) is 54.6 Å². The molecule has 1 amide bonds. The minimum atomic E-state index is 0.0168. The van der Waals surface area contributed by atoms with Crippen molar-refractivity contribution in [2.24, 2.45) is 5.41 Å². The van der Waals surface area contributed by atoms with Crippen LogP contribution in [0, 0.1) is 5.41 Å². The van der Waals surface area contributed by atoms with Crippen LogP contribution in [0.4, 0.5) is 0 Å². The van der Waals surface area contributed by atoms with Crippen molar-refractivity contribution >= 4 is 5.91 Å². The van der Waals surface area contributed by atoms with E-state index in [9.17, 15) is 9.90 Å². The molecule has 1 atom stereocenters. The normalized spacial score (nSPS) is 24.8. The lowest BCUT2D eigenvalue weighted by atomic mass is 9.67. The van der Waals surface area contributed by atoms with Crippen LogP contribution in [-0.2, 0) is 11.3 Å². The lowest BCUT2D eigenvalue weighted by Crippen LogP contribution is -2.54. The average Bonchev–Trinajstić information content (AvgIpc) is 3.58. The third-order valence-corrected chi connectivity index (χ3v) is 7.15. The molecule has 2 aromatic carbocycles. The molecule has 3 fully saturated rings. The number of carbonyl (C=O) groups excluding carboxylic acids is 1. The molecule has 4 nitrogen and oxygen atoms in total. The first-order valence-corrected chi connectivity index (χ1v) is 11.0. The number of hydrogen-bond acceptors (Lipinski definition) is 3. The number of amides is 1. The van der Waals surface area contributed by atoms with E-state index in [4.69, 9.17) is 0 Å². The van der Waals surface area contributed by atoms with Gasteiger partial charge in [0.2, 0.25) is 5.91 Å². The molecule has 1 aliphatic carbocycles. The van der Waals surface area contributed by atoms with Crippen molar-refractivity contribution in [3.05, 3.63) is 65.7 Å². The third-order valence-electron chi connectivity index (χ3n) is 7.15. The highest BCUT2D eigenvalue weighted by atomic mass is 16.3. The molecule has 0 unspecified atom stereocenters. The lowest BCUT2D eigenvalue weighted by Gasteiger charge is -2.50. The van der Waals surface area contributed by atoms with Crippen molar-refractivity contribution in [3.8, 4) is 5.75 Å². The Bertz CT molecular complexity index is 869. The molecule has 1 N–H and O–H groups in total.